The number of hydrogen-bond acceptors (Lipinski definition) is 3. The van der Waals surface area contributed by atoms with Gasteiger partial charge in [-0.2, -0.15) is 0 Å². The molecule has 4 nitrogen and oxygen atoms in total. The Bertz CT molecular complexity index is 634. The lowest BCUT2D eigenvalue weighted by Gasteiger charge is -2.18. The fourth-order valence-electron chi connectivity index (χ4n) is 1.34. The van der Waals surface area contributed by atoms with Gasteiger partial charge in [0.25, 0.3) is 15.0 Å². The lowest BCUT2D eigenvalue weighted by atomic mass is 10.1. The van der Waals surface area contributed by atoms with Crippen LogP contribution >= 0.6 is 26.6 Å². The summed E-state index contributed by atoms with van der Waals surface area (Å²) in [5.74, 6) is -1.31. The number of benzene rings is 1. The molecule has 0 heterocycles. The molecule has 1 aromatic rings. The van der Waals surface area contributed by atoms with Crippen LogP contribution in [0.15, 0.2) is 21.5 Å². The van der Waals surface area contributed by atoms with E-state index in [0.717, 1.165) is 12.1 Å². The van der Waals surface area contributed by atoms with Crippen LogP contribution in [0.1, 0.15) is 31.1 Å². The zero-order chi connectivity index (χ0) is 15.7. The number of halogens is 3. The molecule has 0 fully saturated rings. The van der Waals surface area contributed by atoms with Crippen molar-refractivity contribution in [3.05, 3.63) is 28.0 Å². The maximum absolute atomic E-state index is 13.6. The van der Waals surface area contributed by atoms with Gasteiger partial charge in [0.2, 0.25) is 0 Å². The standard InChI is InChI=1S/C12H14BrClFNO3S/c1-6(2)7(3)16-12(17)8-4-11(20(14,18)19)10(15)5-9(8)13/h4-7H,1-3H3,(H,16,17). The van der Waals surface area contributed by atoms with E-state index >= 15 is 0 Å². The fourth-order valence-corrected chi connectivity index (χ4v) is 2.74. The van der Waals surface area contributed by atoms with E-state index in [4.69, 9.17) is 10.7 Å². The maximum atomic E-state index is 13.6. The largest absolute Gasteiger partial charge is 0.349 e. The molecule has 1 rings (SSSR count). The lowest BCUT2D eigenvalue weighted by Crippen LogP contribution is -2.36. The topological polar surface area (TPSA) is 63.2 Å². The van der Waals surface area contributed by atoms with Crippen molar-refractivity contribution < 1.29 is 17.6 Å². The van der Waals surface area contributed by atoms with E-state index in [-0.39, 0.29) is 22.0 Å². The molecule has 1 atom stereocenters. The molecule has 112 valence electrons. The molecule has 1 unspecified atom stereocenters. The van der Waals surface area contributed by atoms with E-state index in [1.165, 1.54) is 0 Å². The number of carbonyl (C=O) groups is 1. The van der Waals surface area contributed by atoms with Crippen LogP contribution in [-0.4, -0.2) is 20.4 Å². The number of nitrogens with one attached hydrogen (secondary N) is 1. The molecular weight excluding hydrogens is 373 g/mol. The van der Waals surface area contributed by atoms with Crippen LogP contribution < -0.4 is 5.32 Å². The van der Waals surface area contributed by atoms with Crippen LogP contribution in [0, 0.1) is 11.7 Å². The highest BCUT2D eigenvalue weighted by Crippen LogP contribution is 2.26. The molecule has 20 heavy (non-hydrogen) atoms. The summed E-state index contributed by atoms with van der Waals surface area (Å²) < 4.78 is 36.2. The van der Waals surface area contributed by atoms with Crippen molar-refractivity contribution in [1.29, 1.82) is 0 Å². The van der Waals surface area contributed by atoms with Gasteiger partial charge in [0.05, 0.1) is 5.56 Å². The van der Waals surface area contributed by atoms with Crippen molar-refractivity contribution in [3.8, 4) is 0 Å². The van der Waals surface area contributed by atoms with E-state index in [1.807, 2.05) is 20.8 Å². The van der Waals surface area contributed by atoms with E-state index < -0.39 is 25.7 Å². The first-order valence-corrected chi connectivity index (χ1v) is 8.88. The van der Waals surface area contributed by atoms with Gasteiger partial charge < -0.3 is 5.32 Å². The number of hydrogen-bond donors (Lipinski definition) is 1. The van der Waals surface area contributed by atoms with Crippen LogP contribution in [0.25, 0.3) is 0 Å². The summed E-state index contributed by atoms with van der Waals surface area (Å²) in [7, 11) is 0.880. The fraction of sp³-hybridized carbons (Fsp3) is 0.417. The molecule has 0 aliphatic rings. The highest BCUT2D eigenvalue weighted by molar-refractivity contribution is 9.10. The Morgan fingerprint density at radius 3 is 2.35 bits per heavy atom. The quantitative estimate of drug-likeness (QED) is 0.808. The summed E-state index contributed by atoms with van der Waals surface area (Å²) in [6, 6.07) is 1.71. The molecule has 8 heteroatoms. The van der Waals surface area contributed by atoms with E-state index in [2.05, 4.69) is 21.2 Å². The Balaban J connectivity index is 3.22. The number of carbonyl (C=O) groups excluding carboxylic acids is 1. The molecule has 0 aromatic heterocycles. The minimum Gasteiger partial charge on any atom is -0.349 e. The molecular formula is C12H14BrClFNO3S. The van der Waals surface area contributed by atoms with Gasteiger partial charge in [-0.3, -0.25) is 4.79 Å². The summed E-state index contributed by atoms with van der Waals surface area (Å²) in [5.41, 5.74) is 0.0122. The molecule has 0 bridgehead atoms. The van der Waals surface area contributed by atoms with Gasteiger partial charge in [-0.15, -0.1) is 0 Å². The highest BCUT2D eigenvalue weighted by Gasteiger charge is 2.22. The minimum absolute atomic E-state index is 0.0122. The van der Waals surface area contributed by atoms with Gasteiger partial charge >= 0.3 is 0 Å². The normalized spacial score (nSPS) is 13.3. The predicted octanol–water partition coefficient (Wildman–Crippen LogP) is 3.29. The summed E-state index contributed by atoms with van der Waals surface area (Å²) >= 11 is 3.04. The Kier molecular flexibility index (Phi) is 5.57. The second-order valence-corrected chi connectivity index (χ2v) is 8.10. The Morgan fingerprint density at radius 1 is 1.35 bits per heavy atom. The van der Waals surface area contributed by atoms with E-state index in [0.29, 0.717) is 0 Å². The van der Waals surface area contributed by atoms with Crippen LogP contribution in [0.5, 0.6) is 0 Å². The summed E-state index contributed by atoms with van der Waals surface area (Å²) in [4.78, 5) is 11.4. The third-order valence-corrected chi connectivity index (χ3v) is 4.88. The lowest BCUT2D eigenvalue weighted by molar-refractivity contribution is 0.0929. The van der Waals surface area contributed by atoms with Gasteiger partial charge in [0.15, 0.2) is 0 Å². The third kappa shape index (κ3) is 4.17. The molecule has 0 radical (unpaired) electrons. The van der Waals surface area contributed by atoms with Gasteiger partial charge in [-0.05, 0) is 40.9 Å². The highest BCUT2D eigenvalue weighted by atomic mass is 79.9. The Morgan fingerprint density at radius 2 is 1.90 bits per heavy atom. The van der Waals surface area contributed by atoms with Crippen molar-refractivity contribution in [3.63, 3.8) is 0 Å². The van der Waals surface area contributed by atoms with Gasteiger partial charge in [0, 0.05) is 21.2 Å². The molecule has 1 N–H and O–H groups in total. The molecule has 0 spiro atoms. The van der Waals surface area contributed by atoms with Crippen molar-refractivity contribution >= 4 is 41.6 Å². The molecule has 1 amide bonds. The van der Waals surface area contributed by atoms with Crippen LogP contribution in [0.3, 0.4) is 0 Å². The number of amides is 1. The zero-order valence-corrected chi connectivity index (χ0v) is 14.2. The monoisotopic (exact) mass is 385 g/mol. The average Bonchev–Trinajstić information content (AvgIpc) is 2.26. The Hall–Kier alpha value is -0.660. The van der Waals surface area contributed by atoms with Crippen molar-refractivity contribution in [2.75, 3.05) is 0 Å². The summed E-state index contributed by atoms with van der Waals surface area (Å²) in [6.07, 6.45) is 0. The van der Waals surface area contributed by atoms with E-state index in [1.54, 1.807) is 0 Å². The second-order valence-electron chi connectivity index (χ2n) is 4.71. The predicted molar refractivity (Wildman–Crippen MR) is 78.9 cm³/mol. The summed E-state index contributed by atoms with van der Waals surface area (Å²) in [5, 5.41) is 2.71. The zero-order valence-electron chi connectivity index (χ0n) is 11.1. The van der Waals surface area contributed by atoms with Crippen LogP contribution in [-0.2, 0) is 9.05 Å². The molecule has 0 saturated carbocycles. The Labute approximate surface area is 130 Å². The maximum Gasteiger partial charge on any atom is 0.264 e. The number of rotatable bonds is 4. The summed E-state index contributed by atoms with van der Waals surface area (Å²) in [6.45, 7) is 5.68. The van der Waals surface area contributed by atoms with Gasteiger partial charge in [-0.25, -0.2) is 12.8 Å². The SMILES string of the molecule is CC(C)C(C)NC(=O)c1cc(S(=O)(=O)Cl)c(F)cc1Br. The first-order chi connectivity index (χ1) is 9.04. The van der Waals surface area contributed by atoms with Crippen molar-refractivity contribution in [2.24, 2.45) is 5.92 Å². The van der Waals surface area contributed by atoms with Crippen LogP contribution in [0.4, 0.5) is 4.39 Å². The van der Waals surface area contributed by atoms with E-state index in [9.17, 15) is 17.6 Å². The second kappa shape index (κ2) is 6.41. The van der Waals surface area contributed by atoms with Crippen molar-refractivity contribution in [2.45, 2.75) is 31.7 Å². The molecule has 0 aliphatic heterocycles. The smallest absolute Gasteiger partial charge is 0.264 e. The average molecular weight is 387 g/mol. The van der Waals surface area contributed by atoms with Crippen LogP contribution in [0.2, 0.25) is 0 Å². The first kappa shape index (κ1) is 17.4. The third-order valence-electron chi connectivity index (χ3n) is 2.89. The molecule has 0 saturated heterocycles. The van der Waals surface area contributed by atoms with Gasteiger partial charge in [-0.1, -0.05) is 13.8 Å². The molecule has 0 aliphatic carbocycles. The van der Waals surface area contributed by atoms with Gasteiger partial charge in [0.1, 0.15) is 10.7 Å². The van der Waals surface area contributed by atoms with Crippen molar-refractivity contribution in [1.82, 2.24) is 5.32 Å². The molecule has 1 aromatic carbocycles. The minimum atomic E-state index is -4.25. The first-order valence-electron chi connectivity index (χ1n) is 5.78.